The van der Waals surface area contributed by atoms with E-state index in [1.165, 1.54) is 28.7 Å². The Balaban J connectivity index is 1.65. The van der Waals surface area contributed by atoms with E-state index in [-0.39, 0.29) is 5.91 Å². The van der Waals surface area contributed by atoms with Gasteiger partial charge in [-0.15, -0.1) is 11.3 Å². The summed E-state index contributed by atoms with van der Waals surface area (Å²) in [5.74, 6) is 0.830. The number of nitrogens with zero attached hydrogens (tertiary/aromatic N) is 4. The Morgan fingerprint density at radius 3 is 2.74 bits per heavy atom. The second-order valence-corrected chi connectivity index (χ2v) is 7.20. The van der Waals surface area contributed by atoms with Crippen LogP contribution in [0.1, 0.15) is 23.3 Å². The van der Waals surface area contributed by atoms with Crippen LogP contribution in [-0.4, -0.2) is 58.7 Å². The van der Waals surface area contributed by atoms with E-state index in [9.17, 15) is 4.79 Å². The van der Waals surface area contributed by atoms with Gasteiger partial charge in [-0.25, -0.2) is 9.97 Å². The number of hydrogen-bond donors (Lipinski definition) is 1. The number of thiophene rings is 1. The van der Waals surface area contributed by atoms with Gasteiger partial charge in [0.1, 0.15) is 23.6 Å². The first-order valence-corrected chi connectivity index (χ1v) is 8.98. The second-order valence-electron chi connectivity index (χ2n) is 6.11. The maximum absolute atomic E-state index is 11.6. The summed E-state index contributed by atoms with van der Waals surface area (Å²) in [6.07, 6.45) is 6.45. The number of piperazine rings is 1. The highest BCUT2D eigenvalue weighted by molar-refractivity contribution is 7.19. The molecule has 4 rings (SSSR count). The van der Waals surface area contributed by atoms with Crippen LogP contribution in [0.15, 0.2) is 6.33 Å². The van der Waals surface area contributed by atoms with Gasteiger partial charge >= 0.3 is 0 Å². The van der Waals surface area contributed by atoms with E-state index in [0.717, 1.165) is 36.6 Å². The van der Waals surface area contributed by atoms with Gasteiger partial charge in [0.15, 0.2) is 0 Å². The molecule has 1 saturated heterocycles. The number of aryl methyl sites for hydroxylation is 2. The maximum atomic E-state index is 11.6. The fraction of sp³-hybridized carbons (Fsp3) is 0.562. The maximum Gasteiger partial charge on any atom is 0.248 e. The van der Waals surface area contributed by atoms with Crippen molar-refractivity contribution in [3.63, 3.8) is 0 Å². The van der Waals surface area contributed by atoms with E-state index in [1.54, 1.807) is 11.2 Å². The highest BCUT2D eigenvalue weighted by Crippen LogP contribution is 2.39. The third-order valence-electron chi connectivity index (χ3n) is 4.80. The molecule has 0 spiro atoms. The third kappa shape index (κ3) is 2.57. The Morgan fingerprint density at radius 2 is 1.96 bits per heavy atom. The van der Waals surface area contributed by atoms with Crippen LogP contribution in [-0.2, 0) is 17.6 Å². The average Bonchev–Trinajstić information content (AvgIpc) is 3.00. The molecule has 3 heterocycles. The molecule has 1 amide bonds. The summed E-state index contributed by atoms with van der Waals surface area (Å²) in [6.45, 7) is 2.37. The van der Waals surface area contributed by atoms with E-state index in [2.05, 4.69) is 14.9 Å². The standard InChI is InChI=1S/C16H20N4O2S/c21-9-13(22)19-5-7-20(8-6-19)15-14-11-3-1-2-4-12(11)23-16(14)18-10-17-15/h10,21H,1-9H2. The number of carbonyl (C=O) groups is 1. The molecule has 2 aliphatic rings. The van der Waals surface area contributed by atoms with Gasteiger partial charge in [-0.2, -0.15) is 0 Å². The van der Waals surface area contributed by atoms with Crippen molar-refractivity contribution in [3.05, 3.63) is 16.8 Å². The van der Waals surface area contributed by atoms with Gasteiger partial charge in [-0.05, 0) is 31.2 Å². The number of aromatic nitrogens is 2. The van der Waals surface area contributed by atoms with Gasteiger partial charge in [0, 0.05) is 31.1 Å². The quantitative estimate of drug-likeness (QED) is 0.895. The summed E-state index contributed by atoms with van der Waals surface area (Å²) in [5, 5.41) is 10.2. The Bertz CT molecular complexity index is 737. The first-order chi connectivity index (χ1) is 11.3. The molecule has 23 heavy (non-hydrogen) atoms. The molecule has 0 unspecified atom stereocenters. The summed E-state index contributed by atoms with van der Waals surface area (Å²) in [6, 6.07) is 0. The number of amides is 1. The summed E-state index contributed by atoms with van der Waals surface area (Å²) in [4.78, 5) is 27.2. The van der Waals surface area contributed by atoms with Gasteiger partial charge in [0.05, 0.1) is 5.39 Å². The number of fused-ring (bicyclic) bond motifs is 3. The lowest BCUT2D eigenvalue weighted by Crippen LogP contribution is -2.49. The zero-order valence-electron chi connectivity index (χ0n) is 13.0. The van der Waals surface area contributed by atoms with Crippen molar-refractivity contribution in [1.82, 2.24) is 14.9 Å². The minimum atomic E-state index is -0.407. The van der Waals surface area contributed by atoms with E-state index in [1.807, 2.05) is 11.3 Å². The molecular weight excluding hydrogens is 312 g/mol. The highest BCUT2D eigenvalue weighted by Gasteiger charge is 2.26. The van der Waals surface area contributed by atoms with Crippen LogP contribution in [0.4, 0.5) is 5.82 Å². The number of anilines is 1. The molecule has 2 aromatic rings. The molecule has 6 nitrogen and oxygen atoms in total. The van der Waals surface area contributed by atoms with E-state index < -0.39 is 6.61 Å². The Labute approximate surface area is 138 Å². The van der Waals surface area contributed by atoms with Gasteiger partial charge in [-0.3, -0.25) is 4.79 Å². The van der Waals surface area contributed by atoms with Gasteiger partial charge < -0.3 is 14.9 Å². The fourth-order valence-electron chi connectivity index (χ4n) is 3.58. The number of carbonyl (C=O) groups excluding carboxylic acids is 1. The monoisotopic (exact) mass is 332 g/mol. The molecule has 0 radical (unpaired) electrons. The van der Waals surface area contributed by atoms with E-state index in [0.29, 0.717) is 13.1 Å². The molecule has 1 aliphatic heterocycles. The molecule has 0 aromatic carbocycles. The Kier molecular flexibility index (Phi) is 3.90. The average molecular weight is 332 g/mol. The molecule has 1 aliphatic carbocycles. The lowest BCUT2D eigenvalue weighted by atomic mass is 9.97. The summed E-state index contributed by atoms with van der Waals surface area (Å²) >= 11 is 1.81. The zero-order valence-corrected chi connectivity index (χ0v) is 13.8. The number of aliphatic hydroxyl groups excluding tert-OH is 1. The van der Waals surface area contributed by atoms with Crippen LogP contribution in [0.25, 0.3) is 10.2 Å². The van der Waals surface area contributed by atoms with Crippen molar-refractivity contribution in [2.45, 2.75) is 25.7 Å². The summed E-state index contributed by atoms with van der Waals surface area (Å²) in [7, 11) is 0. The fourth-order valence-corrected chi connectivity index (χ4v) is 4.80. The topological polar surface area (TPSA) is 69.6 Å². The molecule has 0 atom stereocenters. The predicted molar refractivity (Wildman–Crippen MR) is 89.9 cm³/mol. The Morgan fingerprint density at radius 1 is 1.17 bits per heavy atom. The minimum absolute atomic E-state index is 0.189. The molecule has 1 fully saturated rings. The third-order valence-corrected chi connectivity index (χ3v) is 6.00. The van der Waals surface area contributed by atoms with Gasteiger partial charge in [-0.1, -0.05) is 0 Å². The SMILES string of the molecule is O=C(CO)N1CCN(c2ncnc3sc4c(c23)CCCC4)CC1. The molecule has 122 valence electrons. The largest absolute Gasteiger partial charge is 0.387 e. The molecular formula is C16H20N4O2S. The first-order valence-electron chi connectivity index (χ1n) is 8.16. The zero-order chi connectivity index (χ0) is 15.8. The molecule has 0 saturated carbocycles. The number of aliphatic hydroxyl groups is 1. The molecule has 7 heteroatoms. The summed E-state index contributed by atoms with van der Waals surface area (Å²) in [5.41, 5.74) is 1.45. The van der Waals surface area contributed by atoms with Crippen LogP contribution in [0.3, 0.4) is 0 Å². The Hall–Kier alpha value is -1.73. The second kappa shape index (κ2) is 6.05. The van der Waals surface area contributed by atoms with Crippen LogP contribution < -0.4 is 4.90 Å². The van der Waals surface area contributed by atoms with Gasteiger partial charge in [0.25, 0.3) is 0 Å². The van der Waals surface area contributed by atoms with Crippen molar-refractivity contribution < 1.29 is 9.90 Å². The van der Waals surface area contributed by atoms with Crippen molar-refractivity contribution in [2.24, 2.45) is 0 Å². The van der Waals surface area contributed by atoms with Crippen LogP contribution in [0, 0.1) is 0 Å². The predicted octanol–water partition coefficient (Wildman–Crippen LogP) is 1.21. The number of rotatable bonds is 2. The van der Waals surface area contributed by atoms with Crippen LogP contribution in [0.2, 0.25) is 0 Å². The van der Waals surface area contributed by atoms with Crippen LogP contribution in [0.5, 0.6) is 0 Å². The summed E-state index contributed by atoms with van der Waals surface area (Å²) < 4.78 is 0. The van der Waals surface area contributed by atoms with Gasteiger partial charge in [0.2, 0.25) is 5.91 Å². The van der Waals surface area contributed by atoms with E-state index >= 15 is 0 Å². The lowest BCUT2D eigenvalue weighted by molar-refractivity contribution is -0.134. The lowest BCUT2D eigenvalue weighted by Gasteiger charge is -2.35. The minimum Gasteiger partial charge on any atom is -0.387 e. The van der Waals surface area contributed by atoms with E-state index in [4.69, 9.17) is 5.11 Å². The highest BCUT2D eigenvalue weighted by atomic mass is 32.1. The van der Waals surface area contributed by atoms with Crippen molar-refractivity contribution in [1.29, 1.82) is 0 Å². The normalized spacial score (nSPS) is 18.3. The van der Waals surface area contributed by atoms with Crippen LogP contribution >= 0.6 is 11.3 Å². The molecule has 0 bridgehead atoms. The van der Waals surface area contributed by atoms with Crippen molar-refractivity contribution in [2.75, 3.05) is 37.7 Å². The van der Waals surface area contributed by atoms with Crippen molar-refractivity contribution >= 4 is 33.3 Å². The smallest absolute Gasteiger partial charge is 0.248 e. The molecule has 2 aromatic heterocycles. The first kappa shape index (κ1) is 14.8. The van der Waals surface area contributed by atoms with Crippen molar-refractivity contribution in [3.8, 4) is 0 Å². The number of hydrogen-bond acceptors (Lipinski definition) is 6. The molecule has 1 N–H and O–H groups in total.